The lowest BCUT2D eigenvalue weighted by Crippen LogP contribution is -2.12. The van der Waals surface area contributed by atoms with Gasteiger partial charge in [0.25, 0.3) is 0 Å². The predicted octanol–water partition coefficient (Wildman–Crippen LogP) is 2.29. The van der Waals surface area contributed by atoms with Gasteiger partial charge in [-0.2, -0.15) is 0 Å². The molecule has 0 aromatic carbocycles. The molecule has 2 nitrogen and oxygen atoms in total. The van der Waals surface area contributed by atoms with Gasteiger partial charge in [-0.15, -0.1) is 0 Å². The minimum atomic E-state index is -0.565. The van der Waals surface area contributed by atoms with Crippen LogP contribution in [0.5, 0.6) is 0 Å². The average molecular weight is 168 g/mol. The van der Waals surface area contributed by atoms with E-state index in [2.05, 4.69) is 0 Å². The van der Waals surface area contributed by atoms with E-state index in [0.29, 0.717) is 0 Å². The van der Waals surface area contributed by atoms with Crippen molar-refractivity contribution in [1.29, 1.82) is 0 Å². The lowest BCUT2D eigenvalue weighted by Gasteiger charge is -2.24. The predicted molar refractivity (Wildman–Crippen MR) is 45.8 cm³/mol. The maximum atomic E-state index is 10.7. The number of aliphatic carboxylic acids is 1. The van der Waals surface area contributed by atoms with Crippen LogP contribution < -0.4 is 0 Å². The minimum absolute atomic E-state index is 0.0156. The van der Waals surface area contributed by atoms with Crippen LogP contribution in [0.2, 0.25) is 0 Å². The number of carbonyl (C=O) groups is 1. The zero-order valence-electron chi connectivity index (χ0n) is 7.33. The van der Waals surface area contributed by atoms with Crippen molar-refractivity contribution in [3.05, 3.63) is 0 Å². The molecule has 2 rings (SSSR count). The Kier molecular flexibility index (Phi) is 2.07. The van der Waals surface area contributed by atoms with Crippen molar-refractivity contribution in [2.24, 2.45) is 17.8 Å². The van der Waals surface area contributed by atoms with Crippen LogP contribution in [0.3, 0.4) is 0 Å². The normalized spacial score (nSPS) is 40.8. The topological polar surface area (TPSA) is 37.3 Å². The fourth-order valence-corrected chi connectivity index (χ4v) is 2.93. The zero-order valence-corrected chi connectivity index (χ0v) is 7.33. The second-order valence-corrected chi connectivity index (χ2v) is 4.31. The number of hydrogen-bond donors (Lipinski definition) is 1. The molecule has 0 saturated heterocycles. The maximum absolute atomic E-state index is 10.7. The van der Waals surface area contributed by atoms with Gasteiger partial charge in [-0.1, -0.05) is 25.7 Å². The summed E-state index contributed by atoms with van der Waals surface area (Å²) in [5, 5.41) is 8.86. The lowest BCUT2D eigenvalue weighted by atomic mass is 9.82. The summed E-state index contributed by atoms with van der Waals surface area (Å²) in [6.07, 6.45) is 7.14. The maximum Gasteiger partial charge on any atom is 0.306 e. The highest BCUT2D eigenvalue weighted by molar-refractivity contribution is 5.70. The smallest absolute Gasteiger partial charge is 0.306 e. The number of carboxylic acid groups (broad SMARTS) is 1. The minimum Gasteiger partial charge on any atom is -0.481 e. The van der Waals surface area contributed by atoms with E-state index in [-0.39, 0.29) is 5.92 Å². The Morgan fingerprint density at radius 2 is 1.58 bits per heavy atom. The van der Waals surface area contributed by atoms with Crippen LogP contribution in [0.15, 0.2) is 0 Å². The van der Waals surface area contributed by atoms with Gasteiger partial charge in [0.2, 0.25) is 0 Å². The van der Waals surface area contributed by atoms with Crippen molar-refractivity contribution in [2.75, 3.05) is 0 Å². The summed E-state index contributed by atoms with van der Waals surface area (Å²) in [4.78, 5) is 10.7. The molecule has 2 fully saturated rings. The molecule has 3 atom stereocenters. The monoisotopic (exact) mass is 168 g/mol. The van der Waals surface area contributed by atoms with Crippen LogP contribution >= 0.6 is 0 Å². The summed E-state index contributed by atoms with van der Waals surface area (Å²) < 4.78 is 0. The van der Waals surface area contributed by atoms with Gasteiger partial charge in [-0.3, -0.25) is 4.79 Å². The molecule has 0 amide bonds. The van der Waals surface area contributed by atoms with Crippen LogP contribution in [0.4, 0.5) is 0 Å². The van der Waals surface area contributed by atoms with E-state index in [1.807, 2.05) is 0 Å². The van der Waals surface area contributed by atoms with E-state index in [9.17, 15) is 4.79 Å². The van der Waals surface area contributed by atoms with Gasteiger partial charge >= 0.3 is 5.97 Å². The Bertz CT molecular complexity index is 174. The fourth-order valence-electron chi connectivity index (χ4n) is 2.93. The Morgan fingerprint density at radius 1 is 1.08 bits per heavy atom. The van der Waals surface area contributed by atoms with E-state index in [0.717, 1.165) is 24.7 Å². The molecule has 2 heteroatoms. The lowest BCUT2D eigenvalue weighted by molar-refractivity contribution is -0.141. The first kappa shape index (κ1) is 8.09. The molecule has 0 aliphatic heterocycles. The number of fused-ring (bicyclic) bond motifs is 1. The molecular weight excluding hydrogens is 152 g/mol. The number of hydrogen-bond acceptors (Lipinski definition) is 1. The van der Waals surface area contributed by atoms with Gasteiger partial charge in [0.1, 0.15) is 0 Å². The van der Waals surface area contributed by atoms with Crippen molar-refractivity contribution in [1.82, 2.24) is 0 Å². The first-order valence-electron chi connectivity index (χ1n) is 5.00. The van der Waals surface area contributed by atoms with Gasteiger partial charge < -0.3 is 5.11 Å². The van der Waals surface area contributed by atoms with E-state index in [1.54, 1.807) is 0 Å². The first-order valence-corrected chi connectivity index (χ1v) is 5.00. The largest absolute Gasteiger partial charge is 0.481 e. The van der Waals surface area contributed by atoms with Gasteiger partial charge in [-0.25, -0.2) is 0 Å². The summed E-state index contributed by atoms with van der Waals surface area (Å²) in [7, 11) is 0. The van der Waals surface area contributed by atoms with Crippen molar-refractivity contribution in [3.63, 3.8) is 0 Å². The zero-order chi connectivity index (χ0) is 8.55. The number of rotatable bonds is 1. The molecule has 12 heavy (non-hydrogen) atoms. The summed E-state index contributed by atoms with van der Waals surface area (Å²) in [6, 6.07) is 0. The van der Waals surface area contributed by atoms with Crippen LogP contribution in [-0.4, -0.2) is 11.1 Å². The summed E-state index contributed by atoms with van der Waals surface area (Å²) in [6.45, 7) is 0. The van der Waals surface area contributed by atoms with E-state index < -0.39 is 5.97 Å². The van der Waals surface area contributed by atoms with Crippen LogP contribution in [0.25, 0.3) is 0 Å². The Balaban J connectivity index is 1.98. The summed E-state index contributed by atoms with van der Waals surface area (Å²) in [5.41, 5.74) is 0. The van der Waals surface area contributed by atoms with E-state index in [1.165, 1.54) is 25.7 Å². The van der Waals surface area contributed by atoms with Crippen LogP contribution in [0.1, 0.15) is 38.5 Å². The molecule has 2 aliphatic carbocycles. The second-order valence-electron chi connectivity index (χ2n) is 4.31. The third kappa shape index (κ3) is 1.35. The molecule has 1 unspecified atom stereocenters. The average Bonchev–Trinajstić information content (AvgIpc) is 2.46. The fraction of sp³-hybridized carbons (Fsp3) is 0.900. The molecule has 0 radical (unpaired) electrons. The molecule has 1 N–H and O–H groups in total. The van der Waals surface area contributed by atoms with Crippen LogP contribution in [0, 0.1) is 17.8 Å². The van der Waals surface area contributed by atoms with Crippen molar-refractivity contribution in [2.45, 2.75) is 38.5 Å². The quantitative estimate of drug-likeness (QED) is 0.652. The molecule has 2 aliphatic rings. The standard InChI is InChI=1S/C10H16O2/c11-10(12)9-5-7-3-1-2-4-8(7)6-9/h7-9H,1-6H2,(H,11,12)/t7-,8+,9?. The second kappa shape index (κ2) is 3.08. The number of carboxylic acids is 1. The highest BCUT2D eigenvalue weighted by Gasteiger charge is 2.38. The molecule has 2 saturated carbocycles. The van der Waals surface area contributed by atoms with Crippen molar-refractivity contribution < 1.29 is 9.90 Å². The molecule has 0 aromatic heterocycles. The molecule has 0 heterocycles. The van der Waals surface area contributed by atoms with Crippen LogP contribution in [-0.2, 0) is 4.79 Å². The molecule has 0 bridgehead atoms. The molecular formula is C10H16O2. The van der Waals surface area contributed by atoms with E-state index in [4.69, 9.17) is 5.11 Å². The molecule has 0 aromatic rings. The highest BCUT2D eigenvalue weighted by atomic mass is 16.4. The Labute approximate surface area is 73.0 Å². The molecule has 0 spiro atoms. The Hall–Kier alpha value is -0.530. The van der Waals surface area contributed by atoms with Gasteiger partial charge in [0.15, 0.2) is 0 Å². The van der Waals surface area contributed by atoms with Gasteiger partial charge in [-0.05, 0) is 24.7 Å². The van der Waals surface area contributed by atoms with Crippen molar-refractivity contribution in [3.8, 4) is 0 Å². The third-order valence-electron chi connectivity index (χ3n) is 3.59. The van der Waals surface area contributed by atoms with Crippen molar-refractivity contribution >= 4 is 5.97 Å². The highest BCUT2D eigenvalue weighted by Crippen LogP contribution is 2.44. The Morgan fingerprint density at radius 3 is 2.00 bits per heavy atom. The van der Waals surface area contributed by atoms with Gasteiger partial charge in [0.05, 0.1) is 5.92 Å². The van der Waals surface area contributed by atoms with Gasteiger partial charge in [0, 0.05) is 0 Å². The molecule has 68 valence electrons. The SMILES string of the molecule is O=C(O)C1C[C@H]2CCCC[C@H]2C1. The first-order chi connectivity index (χ1) is 5.77. The third-order valence-corrected chi connectivity index (χ3v) is 3.59. The van der Waals surface area contributed by atoms with E-state index >= 15 is 0 Å². The summed E-state index contributed by atoms with van der Waals surface area (Å²) >= 11 is 0. The summed E-state index contributed by atoms with van der Waals surface area (Å²) in [5.74, 6) is 0.919.